The van der Waals surface area contributed by atoms with Crippen molar-refractivity contribution in [2.75, 3.05) is 20.1 Å². The lowest BCUT2D eigenvalue weighted by molar-refractivity contribution is 0.443. The summed E-state index contributed by atoms with van der Waals surface area (Å²) in [4.78, 5) is 0.287. The molecule has 0 aliphatic rings. The lowest BCUT2D eigenvalue weighted by atomic mass is 10.2. The molecule has 6 heteroatoms. The van der Waals surface area contributed by atoms with E-state index < -0.39 is 10.0 Å². The minimum atomic E-state index is -3.45. The van der Waals surface area contributed by atoms with Gasteiger partial charge in [0.1, 0.15) is 16.4 Å². The zero-order chi connectivity index (χ0) is 15.9. The Morgan fingerprint density at radius 3 is 2.57 bits per heavy atom. The molecule has 0 spiro atoms. The first-order chi connectivity index (χ1) is 9.93. The standard InChI is InChI=1S/C15H28N2O3S/c1-5-7-8-10-17(4)21(18,19)15-11-14(20-13(15)3)12-16-9-6-2/h11,16H,5-10,12H2,1-4H3. The summed E-state index contributed by atoms with van der Waals surface area (Å²) in [6.07, 6.45) is 4.03. The second kappa shape index (κ2) is 8.56. The highest BCUT2D eigenvalue weighted by Crippen LogP contribution is 2.23. The predicted octanol–water partition coefficient (Wildman–Crippen LogP) is 2.90. The topological polar surface area (TPSA) is 62.6 Å². The number of furan rings is 1. The van der Waals surface area contributed by atoms with Gasteiger partial charge < -0.3 is 9.73 Å². The van der Waals surface area contributed by atoms with Crippen molar-refractivity contribution >= 4 is 10.0 Å². The number of aryl methyl sites for hydroxylation is 1. The first-order valence-corrected chi connectivity index (χ1v) is 9.13. The van der Waals surface area contributed by atoms with Crippen LogP contribution in [0.15, 0.2) is 15.4 Å². The summed E-state index contributed by atoms with van der Waals surface area (Å²) in [6, 6.07) is 1.64. The van der Waals surface area contributed by atoms with Crippen LogP contribution >= 0.6 is 0 Å². The molecule has 0 unspecified atom stereocenters. The molecule has 1 aromatic heterocycles. The maximum absolute atomic E-state index is 12.5. The van der Waals surface area contributed by atoms with Gasteiger partial charge in [-0.15, -0.1) is 0 Å². The molecule has 1 rings (SSSR count). The van der Waals surface area contributed by atoms with Crippen LogP contribution < -0.4 is 5.32 Å². The SMILES string of the molecule is CCCCCN(C)S(=O)(=O)c1cc(CNCCC)oc1C. The van der Waals surface area contributed by atoms with Gasteiger partial charge in [0.05, 0.1) is 6.54 Å². The Morgan fingerprint density at radius 2 is 1.95 bits per heavy atom. The number of rotatable bonds is 10. The van der Waals surface area contributed by atoms with Crippen LogP contribution in [0.2, 0.25) is 0 Å². The van der Waals surface area contributed by atoms with Gasteiger partial charge in [-0.25, -0.2) is 12.7 Å². The Kier molecular flexibility index (Phi) is 7.42. The van der Waals surface area contributed by atoms with Gasteiger partial charge in [0.2, 0.25) is 10.0 Å². The van der Waals surface area contributed by atoms with Crippen LogP contribution in [-0.4, -0.2) is 32.9 Å². The van der Waals surface area contributed by atoms with Crippen molar-refractivity contribution in [2.45, 2.75) is 57.9 Å². The molecule has 0 amide bonds. The number of unbranched alkanes of at least 4 members (excludes halogenated alkanes) is 2. The van der Waals surface area contributed by atoms with E-state index in [1.165, 1.54) is 4.31 Å². The van der Waals surface area contributed by atoms with Gasteiger partial charge in [-0.3, -0.25) is 0 Å². The molecule has 0 aliphatic heterocycles. The zero-order valence-corrected chi connectivity index (χ0v) is 14.4. The van der Waals surface area contributed by atoms with Gasteiger partial charge in [-0.2, -0.15) is 0 Å². The number of hydrogen-bond acceptors (Lipinski definition) is 4. The fraction of sp³-hybridized carbons (Fsp3) is 0.733. The van der Waals surface area contributed by atoms with Crippen molar-refractivity contribution in [1.82, 2.24) is 9.62 Å². The van der Waals surface area contributed by atoms with Gasteiger partial charge in [0, 0.05) is 19.7 Å². The lowest BCUT2D eigenvalue weighted by Crippen LogP contribution is -2.28. The van der Waals surface area contributed by atoms with E-state index in [0.29, 0.717) is 24.6 Å². The normalized spacial score (nSPS) is 12.2. The summed E-state index contributed by atoms with van der Waals surface area (Å²) in [5, 5.41) is 3.21. The van der Waals surface area contributed by atoms with E-state index in [2.05, 4.69) is 19.2 Å². The molecule has 0 fully saturated rings. The van der Waals surface area contributed by atoms with Gasteiger partial charge >= 0.3 is 0 Å². The molecule has 1 aromatic rings. The van der Waals surface area contributed by atoms with Crippen LogP contribution in [0.1, 0.15) is 51.1 Å². The summed E-state index contributed by atoms with van der Waals surface area (Å²) in [5.74, 6) is 1.13. The molecule has 122 valence electrons. The van der Waals surface area contributed by atoms with E-state index >= 15 is 0 Å². The molecule has 0 atom stereocenters. The Bertz CT molecular complexity index is 523. The molecule has 0 bridgehead atoms. The van der Waals surface area contributed by atoms with Gasteiger partial charge in [0.15, 0.2) is 0 Å². The summed E-state index contributed by atoms with van der Waals surface area (Å²) >= 11 is 0. The van der Waals surface area contributed by atoms with Gasteiger partial charge in [-0.1, -0.05) is 26.7 Å². The second-order valence-corrected chi connectivity index (χ2v) is 7.36. The first kappa shape index (κ1) is 18.2. The molecule has 0 saturated heterocycles. The molecule has 0 aliphatic carbocycles. The molecule has 21 heavy (non-hydrogen) atoms. The van der Waals surface area contributed by atoms with Crippen molar-refractivity contribution in [1.29, 1.82) is 0 Å². The van der Waals surface area contributed by atoms with Crippen LogP contribution in [-0.2, 0) is 16.6 Å². The van der Waals surface area contributed by atoms with Crippen molar-refractivity contribution < 1.29 is 12.8 Å². The largest absolute Gasteiger partial charge is 0.464 e. The molecule has 0 aromatic carbocycles. The maximum Gasteiger partial charge on any atom is 0.246 e. The molecule has 5 nitrogen and oxygen atoms in total. The third-order valence-electron chi connectivity index (χ3n) is 3.41. The van der Waals surface area contributed by atoms with Crippen molar-refractivity contribution in [3.63, 3.8) is 0 Å². The van der Waals surface area contributed by atoms with E-state index in [0.717, 1.165) is 32.2 Å². The first-order valence-electron chi connectivity index (χ1n) is 7.69. The smallest absolute Gasteiger partial charge is 0.246 e. The Labute approximate surface area is 128 Å². The van der Waals surface area contributed by atoms with Crippen LogP contribution in [0.5, 0.6) is 0 Å². The fourth-order valence-electron chi connectivity index (χ4n) is 2.13. The van der Waals surface area contributed by atoms with E-state index in [4.69, 9.17) is 4.42 Å². The van der Waals surface area contributed by atoms with E-state index in [-0.39, 0.29) is 4.90 Å². The Morgan fingerprint density at radius 1 is 1.24 bits per heavy atom. The number of nitrogens with zero attached hydrogens (tertiary/aromatic N) is 1. The fourth-order valence-corrected chi connectivity index (χ4v) is 3.52. The Hall–Kier alpha value is -0.850. The van der Waals surface area contributed by atoms with Gasteiger partial charge in [0.25, 0.3) is 0 Å². The monoisotopic (exact) mass is 316 g/mol. The molecule has 1 N–H and O–H groups in total. The molecular formula is C15H28N2O3S. The maximum atomic E-state index is 12.5. The highest BCUT2D eigenvalue weighted by atomic mass is 32.2. The van der Waals surface area contributed by atoms with Crippen LogP contribution in [0.25, 0.3) is 0 Å². The van der Waals surface area contributed by atoms with Crippen molar-refractivity contribution in [3.8, 4) is 0 Å². The number of nitrogens with one attached hydrogen (secondary N) is 1. The predicted molar refractivity (Wildman–Crippen MR) is 84.8 cm³/mol. The van der Waals surface area contributed by atoms with Crippen molar-refractivity contribution in [3.05, 3.63) is 17.6 Å². The van der Waals surface area contributed by atoms with E-state index in [1.807, 2.05) is 0 Å². The molecule has 0 saturated carbocycles. The second-order valence-electron chi connectivity index (χ2n) is 5.34. The minimum Gasteiger partial charge on any atom is -0.464 e. The number of sulfonamides is 1. The van der Waals surface area contributed by atoms with Crippen molar-refractivity contribution in [2.24, 2.45) is 0 Å². The molecule has 1 heterocycles. The summed E-state index contributed by atoms with van der Waals surface area (Å²) in [6.45, 7) is 7.88. The average molecular weight is 316 g/mol. The van der Waals surface area contributed by atoms with Crippen LogP contribution in [0.3, 0.4) is 0 Å². The van der Waals surface area contributed by atoms with Gasteiger partial charge in [-0.05, 0) is 26.3 Å². The van der Waals surface area contributed by atoms with Crippen LogP contribution in [0, 0.1) is 6.92 Å². The summed E-state index contributed by atoms with van der Waals surface area (Å²) in [7, 11) is -1.82. The third-order valence-corrected chi connectivity index (χ3v) is 5.38. The summed E-state index contributed by atoms with van der Waals surface area (Å²) < 4.78 is 32.0. The molecule has 0 radical (unpaired) electrons. The average Bonchev–Trinajstić information content (AvgIpc) is 2.81. The quantitative estimate of drug-likeness (QED) is 0.674. The number of hydrogen-bond donors (Lipinski definition) is 1. The summed E-state index contributed by atoms with van der Waals surface area (Å²) in [5.41, 5.74) is 0. The van der Waals surface area contributed by atoms with E-state index in [9.17, 15) is 8.42 Å². The van der Waals surface area contributed by atoms with E-state index in [1.54, 1.807) is 20.0 Å². The molecular weight excluding hydrogens is 288 g/mol. The minimum absolute atomic E-state index is 0.287. The highest BCUT2D eigenvalue weighted by Gasteiger charge is 2.25. The third kappa shape index (κ3) is 5.13. The van der Waals surface area contributed by atoms with Crippen LogP contribution in [0.4, 0.5) is 0 Å². The lowest BCUT2D eigenvalue weighted by Gasteiger charge is -2.16. The highest BCUT2D eigenvalue weighted by molar-refractivity contribution is 7.89. The Balaban J connectivity index is 2.78. The zero-order valence-electron chi connectivity index (χ0n) is 13.6.